The maximum Gasteiger partial charge on any atom is 0.266 e. The van der Waals surface area contributed by atoms with Gasteiger partial charge in [0.15, 0.2) is 5.75 Å². The third-order valence-corrected chi connectivity index (χ3v) is 1.58. The van der Waals surface area contributed by atoms with Gasteiger partial charge in [-0.15, -0.1) is 0 Å². The number of hydrogen-bond donors (Lipinski definition) is 1. The van der Waals surface area contributed by atoms with Crippen LogP contribution in [0.25, 0.3) is 0 Å². The van der Waals surface area contributed by atoms with Crippen molar-refractivity contribution in [2.24, 2.45) is 10.7 Å². The lowest BCUT2D eigenvalue weighted by Gasteiger charge is -2.13. The molecule has 0 aromatic carbocycles. The number of carbonyl (C=O) groups excluding carboxylic acids is 1. The molecule has 0 spiro atoms. The summed E-state index contributed by atoms with van der Waals surface area (Å²) < 4.78 is 5.16. The van der Waals surface area contributed by atoms with Crippen LogP contribution in [-0.2, 0) is 4.79 Å². The zero-order valence-corrected chi connectivity index (χ0v) is 6.60. The van der Waals surface area contributed by atoms with Gasteiger partial charge >= 0.3 is 0 Å². The van der Waals surface area contributed by atoms with Crippen molar-refractivity contribution in [3.05, 3.63) is 12.4 Å². The SMILES string of the molecule is NC(=O)C1=Nc2cnncc2OC1. The first-order chi connectivity index (χ1) is 6.27. The van der Waals surface area contributed by atoms with Crippen molar-refractivity contribution >= 4 is 17.3 Å². The highest BCUT2D eigenvalue weighted by Crippen LogP contribution is 2.27. The van der Waals surface area contributed by atoms with Gasteiger partial charge in [0.1, 0.15) is 18.0 Å². The van der Waals surface area contributed by atoms with Crippen molar-refractivity contribution in [1.29, 1.82) is 0 Å². The Hall–Kier alpha value is -1.98. The van der Waals surface area contributed by atoms with Gasteiger partial charge in [0, 0.05) is 0 Å². The molecule has 13 heavy (non-hydrogen) atoms. The maximum atomic E-state index is 10.7. The lowest BCUT2D eigenvalue weighted by atomic mass is 10.3. The Labute approximate surface area is 73.4 Å². The number of rotatable bonds is 1. The Morgan fingerprint density at radius 1 is 1.46 bits per heavy atom. The molecule has 0 unspecified atom stereocenters. The predicted octanol–water partition coefficient (Wildman–Crippen LogP) is -0.573. The summed E-state index contributed by atoms with van der Waals surface area (Å²) in [6.45, 7) is 0.0913. The van der Waals surface area contributed by atoms with Gasteiger partial charge in [-0.25, -0.2) is 4.99 Å². The molecule has 0 aliphatic carbocycles. The second-order valence-corrected chi connectivity index (χ2v) is 2.45. The first-order valence-corrected chi connectivity index (χ1v) is 3.58. The minimum absolute atomic E-state index is 0.0913. The van der Waals surface area contributed by atoms with Crippen LogP contribution in [0, 0.1) is 0 Å². The van der Waals surface area contributed by atoms with Gasteiger partial charge in [0.25, 0.3) is 5.91 Å². The molecule has 0 saturated heterocycles. The number of ether oxygens (including phenoxy) is 1. The molecular formula is C7H6N4O2. The zero-order valence-electron chi connectivity index (χ0n) is 6.60. The largest absolute Gasteiger partial charge is 0.483 e. The van der Waals surface area contributed by atoms with Crippen molar-refractivity contribution in [2.45, 2.75) is 0 Å². The van der Waals surface area contributed by atoms with E-state index in [0.29, 0.717) is 11.4 Å². The molecule has 1 aromatic rings. The van der Waals surface area contributed by atoms with Crippen LogP contribution in [0.4, 0.5) is 5.69 Å². The van der Waals surface area contributed by atoms with E-state index < -0.39 is 5.91 Å². The van der Waals surface area contributed by atoms with E-state index >= 15 is 0 Å². The average Bonchev–Trinajstić information content (AvgIpc) is 2.17. The minimum atomic E-state index is -0.581. The second-order valence-electron chi connectivity index (χ2n) is 2.45. The van der Waals surface area contributed by atoms with E-state index in [-0.39, 0.29) is 12.3 Å². The van der Waals surface area contributed by atoms with Crippen LogP contribution in [-0.4, -0.2) is 28.4 Å². The Morgan fingerprint density at radius 3 is 3.00 bits per heavy atom. The molecule has 2 heterocycles. The summed E-state index contributed by atoms with van der Waals surface area (Å²) in [6, 6.07) is 0. The van der Waals surface area contributed by atoms with Crippen molar-refractivity contribution < 1.29 is 9.53 Å². The van der Waals surface area contributed by atoms with Gasteiger partial charge < -0.3 is 10.5 Å². The standard InChI is InChI=1S/C7H6N4O2/c8-7(12)5-3-13-6-2-10-9-1-4(6)11-5/h1-2H,3H2,(H2,8,12). The summed E-state index contributed by atoms with van der Waals surface area (Å²) in [7, 11) is 0. The molecule has 0 bridgehead atoms. The zero-order chi connectivity index (χ0) is 9.26. The van der Waals surface area contributed by atoms with Crippen molar-refractivity contribution in [3.63, 3.8) is 0 Å². The molecule has 0 radical (unpaired) electrons. The van der Waals surface area contributed by atoms with Gasteiger partial charge in [0.05, 0.1) is 12.4 Å². The summed E-state index contributed by atoms with van der Waals surface area (Å²) in [4.78, 5) is 14.7. The number of aliphatic imine (C=N–C) groups is 1. The van der Waals surface area contributed by atoms with Crippen LogP contribution >= 0.6 is 0 Å². The predicted molar refractivity (Wildman–Crippen MR) is 43.8 cm³/mol. The number of nitrogens with two attached hydrogens (primary N) is 1. The fourth-order valence-corrected chi connectivity index (χ4v) is 0.949. The van der Waals surface area contributed by atoms with Crippen molar-refractivity contribution in [3.8, 4) is 5.75 Å². The molecule has 1 aliphatic heterocycles. The molecular weight excluding hydrogens is 172 g/mol. The lowest BCUT2D eigenvalue weighted by Crippen LogP contribution is -2.30. The quantitative estimate of drug-likeness (QED) is 0.623. The van der Waals surface area contributed by atoms with Gasteiger partial charge in [-0.1, -0.05) is 0 Å². The van der Waals surface area contributed by atoms with E-state index in [1.165, 1.54) is 12.4 Å². The number of hydrogen-bond acceptors (Lipinski definition) is 5. The topological polar surface area (TPSA) is 90.5 Å². The molecule has 1 aliphatic rings. The minimum Gasteiger partial charge on any atom is -0.483 e. The summed E-state index contributed by atoms with van der Waals surface area (Å²) in [6.07, 6.45) is 2.86. The normalized spacial score (nSPS) is 14.0. The Morgan fingerprint density at radius 2 is 2.23 bits per heavy atom. The summed E-state index contributed by atoms with van der Waals surface area (Å²) in [5.41, 5.74) is 5.71. The summed E-state index contributed by atoms with van der Waals surface area (Å²) in [5, 5.41) is 7.21. The second kappa shape index (κ2) is 2.81. The number of carbonyl (C=O) groups is 1. The molecule has 2 rings (SSSR count). The maximum absolute atomic E-state index is 10.7. The smallest absolute Gasteiger partial charge is 0.266 e. The summed E-state index contributed by atoms with van der Waals surface area (Å²) >= 11 is 0. The third kappa shape index (κ3) is 1.33. The molecule has 6 nitrogen and oxygen atoms in total. The Kier molecular flexibility index (Phi) is 1.66. The van der Waals surface area contributed by atoms with E-state index in [0.717, 1.165) is 0 Å². The van der Waals surface area contributed by atoms with Crippen LogP contribution in [0.5, 0.6) is 5.75 Å². The van der Waals surface area contributed by atoms with Crippen LogP contribution in [0.2, 0.25) is 0 Å². The molecule has 0 fully saturated rings. The monoisotopic (exact) mass is 178 g/mol. The van der Waals surface area contributed by atoms with E-state index in [1.807, 2.05) is 0 Å². The fraction of sp³-hybridized carbons (Fsp3) is 0.143. The number of amides is 1. The molecule has 2 N–H and O–H groups in total. The van der Waals surface area contributed by atoms with E-state index in [4.69, 9.17) is 10.5 Å². The Balaban J connectivity index is 2.44. The first-order valence-electron chi connectivity index (χ1n) is 3.58. The average molecular weight is 178 g/mol. The molecule has 1 aromatic heterocycles. The molecule has 0 saturated carbocycles. The van der Waals surface area contributed by atoms with Gasteiger partial charge in [-0.05, 0) is 0 Å². The first kappa shape index (κ1) is 7.66. The van der Waals surface area contributed by atoms with Crippen molar-refractivity contribution in [1.82, 2.24) is 10.2 Å². The van der Waals surface area contributed by atoms with Gasteiger partial charge in [-0.2, -0.15) is 10.2 Å². The fourth-order valence-electron chi connectivity index (χ4n) is 0.949. The highest BCUT2D eigenvalue weighted by molar-refractivity contribution is 6.39. The summed E-state index contributed by atoms with van der Waals surface area (Å²) in [5.74, 6) is -0.0672. The van der Waals surface area contributed by atoms with Crippen molar-refractivity contribution in [2.75, 3.05) is 6.61 Å². The number of aromatic nitrogens is 2. The van der Waals surface area contributed by atoms with Crippen LogP contribution < -0.4 is 10.5 Å². The number of nitrogens with zero attached hydrogens (tertiary/aromatic N) is 3. The van der Waals surface area contributed by atoms with Crippen LogP contribution in [0.3, 0.4) is 0 Å². The highest BCUT2D eigenvalue weighted by atomic mass is 16.5. The van der Waals surface area contributed by atoms with Crippen LogP contribution in [0.15, 0.2) is 17.4 Å². The third-order valence-electron chi connectivity index (χ3n) is 1.58. The highest BCUT2D eigenvalue weighted by Gasteiger charge is 2.16. The van der Waals surface area contributed by atoms with Gasteiger partial charge in [-0.3, -0.25) is 4.79 Å². The molecule has 66 valence electrons. The van der Waals surface area contributed by atoms with Gasteiger partial charge in [0.2, 0.25) is 0 Å². The number of fused-ring (bicyclic) bond motifs is 1. The molecule has 6 heteroatoms. The lowest BCUT2D eigenvalue weighted by molar-refractivity contribution is -0.112. The molecule has 1 amide bonds. The van der Waals surface area contributed by atoms with E-state index in [9.17, 15) is 4.79 Å². The van der Waals surface area contributed by atoms with Crippen LogP contribution in [0.1, 0.15) is 0 Å². The number of primary amides is 1. The van der Waals surface area contributed by atoms with E-state index in [1.54, 1.807) is 0 Å². The van der Waals surface area contributed by atoms with E-state index in [2.05, 4.69) is 15.2 Å². The Bertz CT molecular complexity index is 388. The molecule has 0 atom stereocenters.